The Morgan fingerprint density at radius 3 is 2.51 bits per heavy atom. The third-order valence-corrected chi connectivity index (χ3v) is 7.50. The van der Waals surface area contributed by atoms with Crippen LogP contribution in [0.4, 0.5) is 8.78 Å². The van der Waals surface area contributed by atoms with Crippen molar-refractivity contribution in [1.29, 1.82) is 0 Å². The number of hydrogen-bond donors (Lipinski definition) is 4. The maximum Gasteiger partial charge on any atom is 0.331 e. The van der Waals surface area contributed by atoms with E-state index >= 15 is 0 Å². The van der Waals surface area contributed by atoms with Crippen molar-refractivity contribution in [3.8, 4) is 0 Å². The highest BCUT2D eigenvalue weighted by Crippen LogP contribution is 2.34. The SMILES string of the molecule is C=CC1=C(/C(C)=C(\C)C(=O)O)CCC1NC(=O)c1cc(C(=O)NCc2ccc(F)c(F)c2)nc2c(C(=O)NC/C=C/C)cnn12. The molecule has 0 spiro atoms. The van der Waals surface area contributed by atoms with Crippen molar-refractivity contribution in [1.82, 2.24) is 30.5 Å². The Hall–Kier alpha value is -5.46. The topological polar surface area (TPSA) is 155 Å². The molecule has 4 rings (SSSR count). The van der Waals surface area contributed by atoms with Crippen molar-refractivity contribution < 1.29 is 33.1 Å². The minimum absolute atomic E-state index is 0.0172. The van der Waals surface area contributed by atoms with Crippen molar-refractivity contribution in [2.24, 2.45) is 0 Å². The third-order valence-electron chi connectivity index (χ3n) is 7.50. The van der Waals surface area contributed by atoms with Crippen molar-refractivity contribution >= 4 is 29.3 Å². The molecule has 11 nitrogen and oxygen atoms in total. The lowest BCUT2D eigenvalue weighted by Crippen LogP contribution is -2.36. The molecule has 0 fully saturated rings. The molecule has 2 aromatic heterocycles. The second kappa shape index (κ2) is 13.9. The highest BCUT2D eigenvalue weighted by Gasteiger charge is 2.29. The summed E-state index contributed by atoms with van der Waals surface area (Å²) in [4.78, 5) is 55.7. The van der Waals surface area contributed by atoms with Gasteiger partial charge in [0.15, 0.2) is 17.3 Å². The number of amides is 3. The molecule has 2 heterocycles. The lowest BCUT2D eigenvalue weighted by atomic mass is 9.98. The molecule has 0 saturated heterocycles. The second-order valence-corrected chi connectivity index (χ2v) is 10.3. The van der Waals surface area contributed by atoms with E-state index < -0.39 is 41.4 Å². The molecule has 3 aromatic rings. The molecule has 1 unspecified atom stereocenters. The number of rotatable bonds is 11. The Morgan fingerprint density at radius 1 is 1.09 bits per heavy atom. The highest BCUT2D eigenvalue weighted by atomic mass is 19.2. The number of nitrogens with zero attached hydrogens (tertiary/aromatic N) is 3. The number of aliphatic carboxylic acids is 1. The van der Waals surface area contributed by atoms with Gasteiger partial charge in [0.05, 0.1) is 12.2 Å². The molecule has 1 atom stereocenters. The molecule has 4 N–H and O–H groups in total. The van der Waals surface area contributed by atoms with E-state index in [2.05, 4.69) is 32.6 Å². The predicted octanol–water partition coefficient (Wildman–Crippen LogP) is 4.04. The molecule has 3 amide bonds. The highest BCUT2D eigenvalue weighted by molar-refractivity contribution is 6.03. The number of aromatic nitrogens is 3. The molecule has 234 valence electrons. The van der Waals surface area contributed by atoms with E-state index in [1.54, 1.807) is 32.1 Å². The first-order valence-electron chi connectivity index (χ1n) is 14.0. The van der Waals surface area contributed by atoms with Gasteiger partial charge in [-0.25, -0.2) is 23.1 Å². The molecule has 0 saturated carbocycles. The molecule has 1 aromatic carbocycles. The average Bonchev–Trinajstić information content (AvgIpc) is 3.64. The zero-order valence-corrected chi connectivity index (χ0v) is 24.9. The summed E-state index contributed by atoms with van der Waals surface area (Å²) < 4.78 is 28.2. The number of carboxylic acid groups (broad SMARTS) is 1. The van der Waals surface area contributed by atoms with Crippen molar-refractivity contribution in [3.05, 3.63) is 112 Å². The van der Waals surface area contributed by atoms with E-state index in [1.165, 1.54) is 25.3 Å². The van der Waals surface area contributed by atoms with E-state index in [-0.39, 0.29) is 46.8 Å². The van der Waals surface area contributed by atoms with E-state index in [4.69, 9.17) is 0 Å². The van der Waals surface area contributed by atoms with Gasteiger partial charge in [-0.3, -0.25) is 14.4 Å². The number of carbonyl (C=O) groups excluding carboxylic acids is 3. The van der Waals surface area contributed by atoms with Crippen LogP contribution in [0.1, 0.15) is 70.5 Å². The van der Waals surface area contributed by atoms with Gasteiger partial charge in [-0.2, -0.15) is 5.10 Å². The van der Waals surface area contributed by atoms with Crippen LogP contribution in [0.25, 0.3) is 5.65 Å². The molecular weight excluding hydrogens is 586 g/mol. The summed E-state index contributed by atoms with van der Waals surface area (Å²) >= 11 is 0. The number of benzene rings is 1. The Labute approximate surface area is 257 Å². The van der Waals surface area contributed by atoms with E-state index in [9.17, 15) is 33.1 Å². The van der Waals surface area contributed by atoms with Gasteiger partial charge in [0.2, 0.25) is 0 Å². The van der Waals surface area contributed by atoms with Crippen molar-refractivity contribution in [2.45, 2.75) is 46.2 Å². The van der Waals surface area contributed by atoms with Gasteiger partial charge >= 0.3 is 5.97 Å². The molecule has 0 aliphatic heterocycles. The number of halogens is 2. The number of carboxylic acids is 1. The van der Waals surface area contributed by atoms with E-state index in [0.29, 0.717) is 24.0 Å². The van der Waals surface area contributed by atoms with Crippen molar-refractivity contribution in [3.63, 3.8) is 0 Å². The largest absolute Gasteiger partial charge is 0.478 e. The standard InChI is InChI=1S/C32H32F2N6O5/c1-5-7-12-35-29(41)22-16-37-40-27(31(43)39-25-11-9-21(20(25)6-2)17(3)18(4)32(44)45)14-26(38-28(22)40)30(42)36-15-19-8-10-23(33)24(34)13-19/h5-8,10,13-14,16,25H,2,9,11-12,15H2,1,3-4H3,(H,35,41)(H,36,42)(H,39,43)(H,44,45)/b7-5+,18-17+. The molecule has 45 heavy (non-hydrogen) atoms. The fourth-order valence-electron chi connectivity index (χ4n) is 4.93. The monoisotopic (exact) mass is 618 g/mol. The van der Waals surface area contributed by atoms with Gasteiger partial charge in [0.25, 0.3) is 17.7 Å². The quantitative estimate of drug-likeness (QED) is 0.187. The van der Waals surface area contributed by atoms with Crippen LogP contribution in [0.5, 0.6) is 0 Å². The average molecular weight is 619 g/mol. The number of nitrogens with one attached hydrogen (secondary N) is 3. The fourth-order valence-corrected chi connectivity index (χ4v) is 4.93. The van der Waals surface area contributed by atoms with Crippen LogP contribution >= 0.6 is 0 Å². The molecule has 1 aliphatic carbocycles. The summed E-state index contributed by atoms with van der Waals surface area (Å²) in [6.07, 6.45) is 7.27. The molecule has 1 aliphatic rings. The van der Waals surface area contributed by atoms with E-state index in [0.717, 1.165) is 22.2 Å². The van der Waals surface area contributed by atoms with Crippen LogP contribution in [0, 0.1) is 11.6 Å². The van der Waals surface area contributed by atoms with Crippen molar-refractivity contribution in [2.75, 3.05) is 6.54 Å². The lowest BCUT2D eigenvalue weighted by molar-refractivity contribution is -0.132. The third kappa shape index (κ3) is 7.03. The van der Waals surface area contributed by atoms with Gasteiger partial charge in [0.1, 0.15) is 17.0 Å². The van der Waals surface area contributed by atoms with Crippen LogP contribution in [0.3, 0.4) is 0 Å². The van der Waals surface area contributed by atoms with Crippen LogP contribution in [0.15, 0.2) is 77.6 Å². The Balaban J connectivity index is 1.70. The maximum absolute atomic E-state index is 13.7. The predicted molar refractivity (Wildman–Crippen MR) is 161 cm³/mol. The first kappa shape index (κ1) is 32.5. The number of carbonyl (C=O) groups is 4. The molecule has 0 radical (unpaired) electrons. The summed E-state index contributed by atoms with van der Waals surface area (Å²) in [5, 5.41) is 21.8. The van der Waals surface area contributed by atoms with Crippen LogP contribution in [-0.2, 0) is 11.3 Å². The number of allylic oxidation sites excluding steroid dienone is 3. The normalized spacial score (nSPS) is 15.3. The summed E-state index contributed by atoms with van der Waals surface area (Å²) in [5.41, 5.74) is 2.14. The summed E-state index contributed by atoms with van der Waals surface area (Å²) in [5.74, 6) is -5.05. The number of fused-ring (bicyclic) bond motifs is 1. The van der Waals surface area contributed by atoms with Gasteiger partial charge in [0, 0.05) is 24.7 Å². The Kier molecular flexibility index (Phi) is 10.0. The van der Waals surface area contributed by atoms with Gasteiger partial charge < -0.3 is 21.1 Å². The fraction of sp³-hybridized carbons (Fsp3) is 0.250. The summed E-state index contributed by atoms with van der Waals surface area (Å²) in [6, 6.07) is 3.90. The van der Waals surface area contributed by atoms with Gasteiger partial charge in [-0.05, 0) is 68.0 Å². The first-order chi connectivity index (χ1) is 21.5. The van der Waals surface area contributed by atoms with Crippen LogP contribution in [0.2, 0.25) is 0 Å². The van der Waals surface area contributed by atoms with Crippen LogP contribution in [-0.4, -0.2) is 56.0 Å². The summed E-state index contributed by atoms with van der Waals surface area (Å²) in [7, 11) is 0. The Bertz CT molecular complexity index is 1810. The molecular formula is C32H32F2N6O5. The van der Waals surface area contributed by atoms with Gasteiger partial charge in [-0.1, -0.05) is 30.9 Å². The minimum atomic E-state index is -1.07. The summed E-state index contributed by atoms with van der Waals surface area (Å²) in [6.45, 7) is 8.92. The second-order valence-electron chi connectivity index (χ2n) is 10.3. The minimum Gasteiger partial charge on any atom is -0.478 e. The van der Waals surface area contributed by atoms with Crippen LogP contribution < -0.4 is 16.0 Å². The smallest absolute Gasteiger partial charge is 0.331 e. The van der Waals surface area contributed by atoms with E-state index in [1.807, 2.05) is 0 Å². The molecule has 13 heteroatoms. The first-order valence-corrected chi connectivity index (χ1v) is 14.0. The lowest BCUT2D eigenvalue weighted by Gasteiger charge is -2.16. The van der Waals surface area contributed by atoms with Gasteiger partial charge in [-0.15, -0.1) is 0 Å². The Morgan fingerprint density at radius 2 is 1.84 bits per heavy atom. The number of hydrogen-bond acceptors (Lipinski definition) is 6. The zero-order chi connectivity index (χ0) is 32.8. The zero-order valence-electron chi connectivity index (χ0n) is 24.9. The maximum atomic E-state index is 13.7. The molecule has 0 bridgehead atoms.